The standard InChI is InChI=1S/C24H20FN3OS/c1-17(29)22(19-10-6-3-7-11-19)30-24-27-26-23(20-12-14-21(25)15-13-20)28(24)16-18-8-4-2-5-9-18/h2-15,22H,16H2,1H3/t22-/m0/s1. The van der Waals surface area contributed by atoms with Crippen molar-refractivity contribution in [2.45, 2.75) is 23.9 Å². The second kappa shape index (κ2) is 9.05. The average Bonchev–Trinajstić information content (AvgIpc) is 3.16. The first-order valence-electron chi connectivity index (χ1n) is 9.57. The molecule has 0 unspecified atom stereocenters. The number of benzene rings is 3. The van der Waals surface area contributed by atoms with Gasteiger partial charge in [0.25, 0.3) is 0 Å². The molecule has 0 bridgehead atoms. The summed E-state index contributed by atoms with van der Waals surface area (Å²) in [5, 5.41) is 9.02. The van der Waals surface area contributed by atoms with E-state index in [-0.39, 0.29) is 16.9 Å². The number of Topliss-reactive ketones (excluding diaryl/α,β-unsaturated/α-hetero) is 1. The molecule has 4 rings (SSSR count). The van der Waals surface area contributed by atoms with Crippen molar-refractivity contribution in [2.24, 2.45) is 0 Å². The largest absolute Gasteiger partial charge is 0.298 e. The molecule has 1 heterocycles. The fourth-order valence-electron chi connectivity index (χ4n) is 3.22. The van der Waals surface area contributed by atoms with Gasteiger partial charge in [0, 0.05) is 5.56 Å². The molecular formula is C24H20FN3OS. The number of carbonyl (C=O) groups is 1. The van der Waals surface area contributed by atoms with E-state index in [0.717, 1.165) is 16.7 Å². The van der Waals surface area contributed by atoms with Gasteiger partial charge in [0.15, 0.2) is 11.0 Å². The third-order valence-electron chi connectivity index (χ3n) is 4.70. The van der Waals surface area contributed by atoms with Crippen LogP contribution in [0.4, 0.5) is 4.39 Å². The van der Waals surface area contributed by atoms with E-state index in [1.165, 1.54) is 23.9 Å². The van der Waals surface area contributed by atoms with Crippen LogP contribution in [0.15, 0.2) is 90.1 Å². The number of carbonyl (C=O) groups excluding carboxylic acids is 1. The van der Waals surface area contributed by atoms with Gasteiger partial charge in [-0.05, 0) is 42.3 Å². The van der Waals surface area contributed by atoms with Gasteiger partial charge in [-0.1, -0.05) is 72.4 Å². The van der Waals surface area contributed by atoms with Crippen LogP contribution in [0.5, 0.6) is 0 Å². The molecule has 0 amide bonds. The minimum absolute atomic E-state index is 0.0452. The first-order chi connectivity index (χ1) is 14.6. The molecule has 30 heavy (non-hydrogen) atoms. The van der Waals surface area contributed by atoms with E-state index in [1.807, 2.05) is 65.2 Å². The Morgan fingerprint density at radius 2 is 1.57 bits per heavy atom. The lowest BCUT2D eigenvalue weighted by atomic mass is 10.1. The summed E-state index contributed by atoms with van der Waals surface area (Å²) in [5.74, 6) is 0.378. The summed E-state index contributed by atoms with van der Waals surface area (Å²) in [6, 6.07) is 25.8. The van der Waals surface area contributed by atoms with Crippen molar-refractivity contribution in [2.75, 3.05) is 0 Å². The van der Waals surface area contributed by atoms with Gasteiger partial charge in [0.05, 0.1) is 11.8 Å². The zero-order valence-corrected chi connectivity index (χ0v) is 17.2. The Morgan fingerprint density at radius 1 is 0.933 bits per heavy atom. The summed E-state index contributed by atoms with van der Waals surface area (Å²) >= 11 is 1.38. The van der Waals surface area contributed by atoms with Crippen LogP contribution in [0.25, 0.3) is 11.4 Å². The Labute approximate surface area is 178 Å². The second-order valence-electron chi connectivity index (χ2n) is 6.90. The maximum absolute atomic E-state index is 13.4. The number of rotatable bonds is 7. The normalized spacial score (nSPS) is 11.9. The molecule has 6 heteroatoms. The van der Waals surface area contributed by atoms with Crippen LogP contribution in [0, 0.1) is 5.82 Å². The Hall–Kier alpha value is -3.25. The van der Waals surface area contributed by atoms with Gasteiger partial charge < -0.3 is 0 Å². The van der Waals surface area contributed by atoms with Crippen LogP contribution in [-0.4, -0.2) is 20.5 Å². The van der Waals surface area contributed by atoms with Crippen molar-refractivity contribution in [1.82, 2.24) is 14.8 Å². The van der Waals surface area contributed by atoms with Crippen molar-refractivity contribution >= 4 is 17.5 Å². The van der Waals surface area contributed by atoms with Crippen LogP contribution in [0.1, 0.15) is 23.3 Å². The van der Waals surface area contributed by atoms with Crippen LogP contribution >= 0.6 is 11.8 Å². The molecule has 3 aromatic carbocycles. The van der Waals surface area contributed by atoms with Crippen LogP contribution in [0.3, 0.4) is 0 Å². The molecule has 1 atom stereocenters. The van der Waals surface area contributed by atoms with E-state index in [4.69, 9.17) is 0 Å². The number of hydrogen-bond acceptors (Lipinski definition) is 4. The highest BCUT2D eigenvalue weighted by Gasteiger charge is 2.23. The van der Waals surface area contributed by atoms with Crippen molar-refractivity contribution in [1.29, 1.82) is 0 Å². The predicted molar refractivity (Wildman–Crippen MR) is 117 cm³/mol. The van der Waals surface area contributed by atoms with Gasteiger partial charge in [-0.15, -0.1) is 10.2 Å². The highest BCUT2D eigenvalue weighted by molar-refractivity contribution is 8.00. The molecule has 0 radical (unpaired) electrons. The van der Waals surface area contributed by atoms with Crippen LogP contribution < -0.4 is 0 Å². The summed E-state index contributed by atoms with van der Waals surface area (Å²) in [6.07, 6.45) is 0. The summed E-state index contributed by atoms with van der Waals surface area (Å²) in [6.45, 7) is 2.13. The molecule has 1 aromatic heterocycles. The van der Waals surface area contributed by atoms with E-state index in [9.17, 15) is 9.18 Å². The minimum Gasteiger partial charge on any atom is -0.298 e. The lowest BCUT2D eigenvalue weighted by molar-refractivity contribution is -0.116. The van der Waals surface area contributed by atoms with Gasteiger partial charge in [0.2, 0.25) is 0 Å². The van der Waals surface area contributed by atoms with Gasteiger partial charge in [-0.25, -0.2) is 4.39 Å². The third kappa shape index (κ3) is 4.49. The third-order valence-corrected chi connectivity index (χ3v) is 6.05. The zero-order chi connectivity index (χ0) is 20.9. The Bertz CT molecular complexity index is 1130. The minimum atomic E-state index is -0.383. The Morgan fingerprint density at radius 3 is 2.20 bits per heavy atom. The lowest BCUT2D eigenvalue weighted by Crippen LogP contribution is -2.09. The molecule has 150 valence electrons. The maximum Gasteiger partial charge on any atom is 0.192 e. The molecule has 0 fully saturated rings. The first-order valence-corrected chi connectivity index (χ1v) is 10.4. The number of hydrogen-bond donors (Lipinski definition) is 0. The van der Waals surface area contributed by atoms with Gasteiger partial charge in [-0.2, -0.15) is 0 Å². The van der Waals surface area contributed by atoms with Crippen LogP contribution in [0.2, 0.25) is 0 Å². The van der Waals surface area contributed by atoms with E-state index in [0.29, 0.717) is 17.5 Å². The van der Waals surface area contributed by atoms with Gasteiger partial charge in [-0.3, -0.25) is 9.36 Å². The number of nitrogens with zero attached hydrogens (tertiary/aromatic N) is 3. The summed E-state index contributed by atoms with van der Waals surface area (Å²) in [4.78, 5) is 12.4. The smallest absolute Gasteiger partial charge is 0.192 e. The zero-order valence-electron chi connectivity index (χ0n) is 16.4. The van der Waals surface area contributed by atoms with E-state index in [1.54, 1.807) is 19.1 Å². The number of ketones is 1. The van der Waals surface area contributed by atoms with Crippen LogP contribution in [-0.2, 0) is 11.3 Å². The van der Waals surface area contributed by atoms with E-state index >= 15 is 0 Å². The Balaban J connectivity index is 1.75. The molecule has 0 saturated carbocycles. The van der Waals surface area contributed by atoms with Crippen molar-refractivity contribution < 1.29 is 9.18 Å². The molecule has 0 aliphatic heterocycles. The highest BCUT2D eigenvalue weighted by Crippen LogP contribution is 2.36. The van der Waals surface area contributed by atoms with Crippen molar-refractivity contribution in [3.05, 3.63) is 102 Å². The molecule has 0 spiro atoms. The monoisotopic (exact) mass is 417 g/mol. The lowest BCUT2D eigenvalue weighted by Gasteiger charge is -2.15. The van der Waals surface area contributed by atoms with Crippen molar-refractivity contribution in [3.63, 3.8) is 0 Å². The molecule has 0 aliphatic rings. The van der Waals surface area contributed by atoms with Crippen molar-refractivity contribution in [3.8, 4) is 11.4 Å². The summed E-state index contributed by atoms with van der Waals surface area (Å²) in [7, 11) is 0. The number of thioether (sulfide) groups is 1. The summed E-state index contributed by atoms with van der Waals surface area (Å²) < 4.78 is 15.4. The van der Waals surface area contributed by atoms with Gasteiger partial charge in [0.1, 0.15) is 11.6 Å². The SMILES string of the molecule is CC(=O)[C@H](Sc1nnc(-c2ccc(F)cc2)n1Cc1ccccc1)c1ccccc1. The predicted octanol–water partition coefficient (Wildman–Crippen LogP) is 5.55. The molecule has 4 nitrogen and oxygen atoms in total. The molecular weight excluding hydrogens is 397 g/mol. The topological polar surface area (TPSA) is 47.8 Å². The summed E-state index contributed by atoms with van der Waals surface area (Å²) in [5.41, 5.74) is 2.78. The second-order valence-corrected chi connectivity index (χ2v) is 7.98. The quantitative estimate of drug-likeness (QED) is 0.370. The molecule has 0 saturated heterocycles. The fourth-order valence-corrected chi connectivity index (χ4v) is 4.25. The highest BCUT2D eigenvalue weighted by atomic mass is 32.2. The molecule has 4 aromatic rings. The first kappa shape index (κ1) is 20.0. The van der Waals surface area contributed by atoms with Gasteiger partial charge >= 0.3 is 0 Å². The average molecular weight is 418 g/mol. The van der Waals surface area contributed by atoms with E-state index in [2.05, 4.69) is 10.2 Å². The number of aromatic nitrogens is 3. The molecule has 0 N–H and O–H groups in total. The maximum atomic E-state index is 13.4. The number of halogens is 1. The Kier molecular flexibility index (Phi) is 6.05. The fraction of sp³-hybridized carbons (Fsp3) is 0.125. The molecule has 0 aliphatic carbocycles. The van der Waals surface area contributed by atoms with E-state index < -0.39 is 0 Å².